The summed E-state index contributed by atoms with van der Waals surface area (Å²) in [5.41, 5.74) is -0.969. The maximum absolute atomic E-state index is 10.6. The summed E-state index contributed by atoms with van der Waals surface area (Å²) in [6.07, 6.45) is 2.77. The molecule has 60 valence electrons. The predicted octanol–water partition coefficient (Wildman–Crippen LogP) is 0.0978. The monoisotopic (exact) mass is 155 g/mol. The largest absolute Gasteiger partial charge is 0.480 e. The Bertz CT molecular complexity index is 253. The van der Waals surface area contributed by atoms with E-state index in [1.807, 2.05) is 0 Å². The van der Waals surface area contributed by atoms with Crippen LogP contribution in [0.4, 0.5) is 0 Å². The molecule has 5 nitrogen and oxygen atoms in total. The molecule has 0 aliphatic heterocycles. The van der Waals surface area contributed by atoms with Crippen LogP contribution in [0.15, 0.2) is 12.7 Å². The van der Waals surface area contributed by atoms with Crippen LogP contribution >= 0.6 is 0 Å². The van der Waals surface area contributed by atoms with E-state index < -0.39 is 11.5 Å². The van der Waals surface area contributed by atoms with Crippen LogP contribution in [0.25, 0.3) is 0 Å². The molecular formula is C6H9N3O2. The maximum atomic E-state index is 10.6. The van der Waals surface area contributed by atoms with Gasteiger partial charge in [-0.05, 0) is 13.8 Å². The SMILES string of the molecule is CC(C)(C(=O)O)n1cnnc1. The minimum absolute atomic E-state index is 0.905. The standard InChI is InChI=1S/C6H9N3O2/c1-6(2,5(10)11)9-3-7-8-4-9/h3-4H,1-2H3,(H,10,11). The van der Waals surface area contributed by atoms with Crippen molar-refractivity contribution in [3.63, 3.8) is 0 Å². The van der Waals surface area contributed by atoms with Crippen molar-refractivity contribution in [1.29, 1.82) is 0 Å². The second-order valence-electron chi connectivity index (χ2n) is 2.73. The Labute approximate surface area is 63.7 Å². The lowest BCUT2D eigenvalue weighted by molar-refractivity contribution is -0.145. The van der Waals surface area contributed by atoms with Gasteiger partial charge in [-0.15, -0.1) is 10.2 Å². The van der Waals surface area contributed by atoms with Gasteiger partial charge in [0.2, 0.25) is 0 Å². The van der Waals surface area contributed by atoms with Gasteiger partial charge in [0.15, 0.2) is 0 Å². The van der Waals surface area contributed by atoms with E-state index >= 15 is 0 Å². The molecule has 0 spiro atoms. The maximum Gasteiger partial charge on any atom is 0.329 e. The smallest absolute Gasteiger partial charge is 0.329 e. The molecule has 0 atom stereocenters. The molecule has 0 aromatic carbocycles. The molecule has 0 amide bonds. The molecule has 0 fully saturated rings. The van der Waals surface area contributed by atoms with Gasteiger partial charge in [0.05, 0.1) is 0 Å². The molecule has 1 rings (SSSR count). The third-order valence-electron chi connectivity index (χ3n) is 1.59. The van der Waals surface area contributed by atoms with Crippen LogP contribution in [0.2, 0.25) is 0 Å². The number of hydrogen-bond acceptors (Lipinski definition) is 3. The second kappa shape index (κ2) is 2.34. The zero-order valence-electron chi connectivity index (χ0n) is 6.35. The Balaban J connectivity index is 3.00. The highest BCUT2D eigenvalue weighted by atomic mass is 16.4. The van der Waals surface area contributed by atoms with Crippen LogP contribution in [-0.2, 0) is 10.3 Å². The highest BCUT2D eigenvalue weighted by Crippen LogP contribution is 2.12. The topological polar surface area (TPSA) is 68.0 Å². The van der Waals surface area contributed by atoms with E-state index in [4.69, 9.17) is 5.11 Å². The van der Waals surface area contributed by atoms with E-state index in [2.05, 4.69) is 10.2 Å². The van der Waals surface area contributed by atoms with E-state index in [9.17, 15) is 4.79 Å². The number of carbonyl (C=O) groups is 1. The first-order valence-corrected chi connectivity index (χ1v) is 3.13. The first kappa shape index (κ1) is 7.71. The van der Waals surface area contributed by atoms with Gasteiger partial charge in [-0.1, -0.05) is 0 Å². The summed E-state index contributed by atoms with van der Waals surface area (Å²) in [7, 11) is 0. The van der Waals surface area contributed by atoms with Gasteiger partial charge in [0, 0.05) is 0 Å². The molecule has 1 aromatic heterocycles. The van der Waals surface area contributed by atoms with Crippen molar-refractivity contribution in [3.05, 3.63) is 12.7 Å². The van der Waals surface area contributed by atoms with E-state index in [1.165, 1.54) is 17.2 Å². The molecule has 1 heterocycles. The molecule has 1 N–H and O–H groups in total. The van der Waals surface area contributed by atoms with Gasteiger partial charge in [-0.2, -0.15) is 0 Å². The van der Waals surface area contributed by atoms with Crippen molar-refractivity contribution in [3.8, 4) is 0 Å². The number of aliphatic carboxylic acids is 1. The lowest BCUT2D eigenvalue weighted by Crippen LogP contribution is -2.34. The fourth-order valence-electron chi connectivity index (χ4n) is 0.600. The molecule has 1 aromatic rings. The van der Waals surface area contributed by atoms with Crippen molar-refractivity contribution >= 4 is 5.97 Å². The highest BCUT2D eigenvalue weighted by molar-refractivity contribution is 5.75. The zero-order chi connectivity index (χ0) is 8.48. The van der Waals surface area contributed by atoms with Crippen molar-refractivity contribution in [2.75, 3.05) is 0 Å². The van der Waals surface area contributed by atoms with Gasteiger partial charge in [-0.25, -0.2) is 4.79 Å². The number of aromatic nitrogens is 3. The Morgan fingerprint density at radius 2 is 1.91 bits per heavy atom. The molecule has 0 saturated carbocycles. The quantitative estimate of drug-likeness (QED) is 0.657. The minimum Gasteiger partial charge on any atom is -0.480 e. The molecule has 11 heavy (non-hydrogen) atoms. The summed E-state index contributed by atoms with van der Waals surface area (Å²) >= 11 is 0. The van der Waals surface area contributed by atoms with Crippen molar-refractivity contribution < 1.29 is 9.90 Å². The molecule has 0 unspecified atom stereocenters. The van der Waals surface area contributed by atoms with E-state index in [-0.39, 0.29) is 0 Å². The average Bonchev–Trinajstić information content (AvgIpc) is 2.37. The van der Waals surface area contributed by atoms with Gasteiger partial charge in [-0.3, -0.25) is 0 Å². The minimum atomic E-state index is -0.969. The lowest BCUT2D eigenvalue weighted by Gasteiger charge is -2.19. The fraction of sp³-hybridized carbons (Fsp3) is 0.500. The van der Waals surface area contributed by atoms with Crippen LogP contribution in [-0.4, -0.2) is 25.8 Å². The summed E-state index contributed by atoms with van der Waals surface area (Å²) in [4.78, 5) is 10.6. The summed E-state index contributed by atoms with van der Waals surface area (Å²) in [6.45, 7) is 3.16. The zero-order valence-corrected chi connectivity index (χ0v) is 6.35. The van der Waals surface area contributed by atoms with Crippen molar-refractivity contribution in [2.24, 2.45) is 0 Å². The second-order valence-corrected chi connectivity index (χ2v) is 2.73. The average molecular weight is 155 g/mol. The van der Waals surface area contributed by atoms with E-state index in [0.717, 1.165) is 0 Å². The normalized spacial score (nSPS) is 11.5. The first-order chi connectivity index (χ1) is 5.05. The molecule has 5 heteroatoms. The summed E-state index contributed by atoms with van der Waals surface area (Å²) < 4.78 is 1.44. The molecule has 0 aliphatic carbocycles. The van der Waals surface area contributed by atoms with Crippen molar-refractivity contribution in [2.45, 2.75) is 19.4 Å². The van der Waals surface area contributed by atoms with E-state index in [1.54, 1.807) is 13.8 Å². The van der Waals surface area contributed by atoms with Gasteiger partial charge < -0.3 is 9.67 Å². The molecule has 0 bridgehead atoms. The molecular weight excluding hydrogens is 146 g/mol. The highest BCUT2D eigenvalue weighted by Gasteiger charge is 2.28. The van der Waals surface area contributed by atoms with Crippen LogP contribution in [0, 0.1) is 0 Å². The number of nitrogens with zero attached hydrogens (tertiary/aromatic N) is 3. The Morgan fingerprint density at radius 3 is 2.27 bits per heavy atom. The van der Waals surface area contributed by atoms with Crippen LogP contribution < -0.4 is 0 Å². The summed E-state index contributed by atoms with van der Waals surface area (Å²) in [5.74, 6) is -0.905. The molecule has 0 saturated heterocycles. The summed E-state index contributed by atoms with van der Waals surface area (Å²) in [5, 5.41) is 15.8. The number of carboxylic acid groups (broad SMARTS) is 1. The Hall–Kier alpha value is -1.39. The van der Waals surface area contributed by atoms with Crippen LogP contribution in [0.5, 0.6) is 0 Å². The lowest BCUT2D eigenvalue weighted by atomic mass is 10.1. The Kier molecular flexibility index (Phi) is 1.64. The molecule has 0 aliphatic rings. The first-order valence-electron chi connectivity index (χ1n) is 3.13. The number of hydrogen-bond donors (Lipinski definition) is 1. The Morgan fingerprint density at radius 1 is 1.45 bits per heavy atom. The van der Waals surface area contributed by atoms with Gasteiger partial charge in [0.1, 0.15) is 18.2 Å². The predicted molar refractivity (Wildman–Crippen MR) is 37.0 cm³/mol. The number of rotatable bonds is 2. The third-order valence-corrected chi connectivity index (χ3v) is 1.59. The fourth-order valence-corrected chi connectivity index (χ4v) is 0.600. The van der Waals surface area contributed by atoms with Crippen molar-refractivity contribution in [1.82, 2.24) is 14.8 Å². The van der Waals surface area contributed by atoms with Gasteiger partial charge >= 0.3 is 5.97 Å². The molecule has 0 radical (unpaired) electrons. The number of carboxylic acids is 1. The third kappa shape index (κ3) is 1.21. The van der Waals surface area contributed by atoms with Crippen LogP contribution in [0.1, 0.15) is 13.8 Å². The summed E-state index contributed by atoms with van der Waals surface area (Å²) in [6, 6.07) is 0. The van der Waals surface area contributed by atoms with E-state index in [0.29, 0.717) is 0 Å². The van der Waals surface area contributed by atoms with Gasteiger partial charge in [0.25, 0.3) is 0 Å². The van der Waals surface area contributed by atoms with Crippen LogP contribution in [0.3, 0.4) is 0 Å².